The normalized spacial score (nSPS) is 16.4. The van der Waals surface area contributed by atoms with E-state index in [0.717, 1.165) is 17.1 Å². The van der Waals surface area contributed by atoms with Crippen LogP contribution in [0.3, 0.4) is 0 Å². The molecule has 2 heteroatoms. The first kappa shape index (κ1) is 37.1. The van der Waals surface area contributed by atoms with Crippen molar-refractivity contribution in [3.8, 4) is 44.5 Å². The summed E-state index contributed by atoms with van der Waals surface area (Å²) in [4.78, 5) is 5.00. The minimum Gasteiger partial charge on any atom is -0.333 e. The van der Waals surface area contributed by atoms with Gasteiger partial charge in [0.1, 0.15) is 0 Å². The minimum atomic E-state index is -0.102. The quantitative estimate of drug-likeness (QED) is 0.158. The van der Waals surface area contributed by atoms with Crippen molar-refractivity contribution >= 4 is 39.2 Å². The van der Waals surface area contributed by atoms with Gasteiger partial charge in [0.25, 0.3) is 0 Å². The molecule has 1 aliphatic heterocycles. The number of nitrogens with zero attached hydrogens (tertiary/aromatic N) is 2. The molecule has 0 bridgehead atoms. The molecule has 0 N–H and O–H groups in total. The molecule has 0 saturated carbocycles. The molecule has 2 unspecified atom stereocenters. The van der Waals surface area contributed by atoms with E-state index in [1.165, 1.54) is 83.3 Å². The lowest BCUT2D eigenvalue weighted by Gasteiger charge is -2.31. The maximum Gasteiger partial charge on any atom is 0.0629 e. The third-order valence-corrected chi connectivity index (χ3v) is 13.8. The lowest BCUT2D eigenvalue weighted by atomic mass is 9.82. The molecule has 0 aromatic heterocycles. The fraction of sp³-hybridized carbons (Fsp3) is 0.0820. The Balaban J connectivity index is 1.02. The molecular formula is C61H46N2. The van der Waals surface area contributed by atoms with E-state index >= 15 is 0 Å². The second-order valence-corrected chi connectivity index (χ2v) is 17.6. The molecule has 0 spiro atoms. The molecule has 300 valence electrons. The van der Waals surface area contributed by atoms with Crippen LogP contribution in [0.4, 0.5) is 28.4 Å². The fourth-order valence-electron chi connectivity index (χ4n) is 10.9. The smallest absolute Gasteiger partial charge is 0.0629 e. The number of benzene rings is 9. The zero-order valence-electron chi connectivity index (χ0n) is 35.5. The molecule has 9 aromatic carbocycles. The number of hydrogen-bond acceptors (Lipinski definition) is 2. The van der Waals surface area contributed by atoms with Crippen molar-refractivity contribution in [1.82, 2.24) is 0 Å². The first-order valence-corrected chi connectivity index (χ1v) is 22.2. The summed E-state index contributed by atoms with van der Waals surface area (Å²) < 4.78 is 0. The summed E-state index contributed by atoms with van der Waals surface area (Å²) in [6.07, 6.45) is 9.07. The molecule has 9 aromatic rings. The summed E-state index contributed by atoms with van der Waals surface area (Å²) in [5.41, 5.74) is 19.7. The largest absolute Gasteiger partial charge is 0.333 e. The molecule has 1 heterocycles. The molecule has 63 heavy (non-hydrogen) atoms. The van der Waals surface area contributed by atoms with Gasteiger partial charge in [-0.2, -0.15) is 0 Å². The van der Waals surface area contributed by atoms with Gasteiger partial charge in [-0.3, -0.25) is 0 Å². The standard InChI is InChI=1S/C61H46N2/c1-61(2)54-30-10-5-27-53(54)60-52(29-17-31-55(60)61)51-26-9-14-35-59(51)62(56-32-11-6-23-48(56)47-28-16-19-42-18-3-4-22-46(42)47)44-38-36-41(37-39-44)43-20-15-21-45(40-43)63-57-33-12-7-24-49(57)50-25-8-13-34-58(50)63/h3-40,49,57H,1-2H3. The zero-order chi connectivity index (χ0) is 42.1. The molecule has 0 saturated heterocycles. The predicted molar refractivity (Wildman–Crippen MR) is 266 cm³/mol. The van der Waals surface area contributed by atoms with Gasteiger partial charge in [-0.15, -0.1) is 0 Å². The number of para-hydroxylation sites is 3. The first-order valence-electron chi connectivity index (χ1n) is 22.2. The molecule has 2 atom stereocenters. The lowest BCUT2D eigenvalue weighted by molar-refractivity contribution is 0.660. The highest BCUT2D eigenvalue weighted by atomic mass is 15.2. The fourth-order valence-corrected chi connectivity index (χ4v) is 10.9. The van der Waals surface area contributed by atoms with E-state index in [1.54, 1.807) is 0 Å². The summed E-state index contributed by atoms with van der Waals surface area (Å²) in [5.74, 6) is 0.345. The molecule has 2 aliphatic carbocycles. The highest BCUT2D eigenvalue weighted by molar-refractivity contribution is 6.04. The van der Waals surface area contributed by atoms with Crippen LogP contribution in [0, 0.1) is 0 Å². The Morgan fingerprint density at radius 1 is 0.460 bits per heavy atom. The van der Waals surface area contributed by atoms with E-state index in [9.17, 15) is 0 Å². The summed E-state index contributed by atoms with van der Waals surface area (Å²) in [7, 11) is 0. The second kappa shape index (κ2) is 14.8. The topological polar surface area (TPSA) is 6.48 Å². The van der Waals surface area contributed by atoms with Gasteiger partial charge in [0, 0.05) is 39.5 Å². The molecule has 12 rings (SSSR count). The first-order chi connectivity index (χ1) is 31.0. The summed E-state index contributed by atoms with van der Waals surface area (Å²) >= 11 is 0. The van der Waals surface area contributed by atoms with Crippen molar-refractivity contribution in [2.45, 2.75) is 31.2 Å². The van der Waals surface area contributed by atoms with Gasteiger partial charge in [0.15, 0.2) is 0 Å². The summed E-state index contributed by atoms with van der Waals surface area (Å²) in [6.45, 7) is 4.73. The van der Waals surface area contributed by atoms with Crippen molar-refractivity contribution in [3.05, 3.63) is 247 Å². The van der Waals surface area contributed by atoms with Gasteiger partial charge < -0.3 is 9.80 Å². The molecule has 3 aliphatic rings. The van der Waals surface area contributed by atoms with Crippen LogP contribution in [-0.2, 0) is 5.41 Å². The highest BCUT2D eigenvalue weighted by Crippen LogP contribution is 2.55. The number of anilines is 5. The Morgan fingerprint density at radius 3 is 1.90 bits per heavy atom. The number of hydrogen-bond donors (Lipinski definition) is 0. The summed E-state index contributed by atoms with van der Waals surface area (Å²) in [6, 6.07) is 76.6. The van der Waals surface area contributed by atoms with E-state index in [1.807, 2.05) is 0 Å². The van der Waals surface area contributed by atoms with Gasteiger partial charge in [0.2, 0.25) is 0 Å². The Morgan fingerprint density at radius 2 is 1.06 bits per heavy atom. The van der Waals surface area contributed by atoms with E-state index in [-0.39, 0.29) is 11.5 Å². The predicted octanol–water partition coefficient (Wildman–Crippen LogP) is 16.3. The average molecular weight is 807 g/mol. The molecule has 0 radical (unpaired) electrons. The molecule has 2 nitrogen and oxygen atoms in total. The van der Waals surface area contributed by atoms with Crippen LogP contribution in [0.15, 0.2) is 231 Å². The Hall–Kier alpha value is -7.68. The Labute approximate surface area is 370 Å². The van der Waals surface area contributed by atoms with Crippen LogP contribution in [0.1, 0.15) is 36.5 Å². The van der Waals surface area contributed by atoms with E-state index in [2.05, 4.69) is 254 Å². The monoisotopic (exact) mass is 806 g/mol. The molecular weight excluding hydrogens is 761 g/mol. The van der Waals surface area contributed by atoms with Gasteiger partial charge in [-0.05, 0) is 103 Å². The molecule has 0 fully saturated rings. The second-order valence-electron chi connectivity index (χ2n) is 17.6. The number of fused-ring (bicyclic) bond motifs is 7. The lowest BCUT2D eigenvalue weighted by Crippen LogP contribution is -2.28. The number of allylic oxidation sites excluding steroid dienone is 2. The van der Waals surface area contributed by atoms with E-state index in [0.29, 0.717) is 5.92 Å². The van der Waals surface area contributed by atoms with Gasteiger partial charge >= 0.3 is 0 Å². The van der Waals surface area contributed by atoms with Crippen LogP contribution >= 0.6 is 0 Å². The van der Waals surface area contributed by atoms with Crippen molar-refractivity contribution < 1.29 is 0 Å². The third kappa shape index (κ3) is 5.93. The van der Waals surface area contributed by atoms with Crippen molar-refractivity contribution in [3.63, 3.8) is 0 Å². The van der Waals surface area contributed by atoms with E-state index in [4.69, 9.17) is 0 Å². The Kier molecular flexibility index (Phi) is 8.69. The van der Waals surface area contributed by atoms with Crippen LogP contribution < -0.4 is 9.80 Å². The average Bonchev–Trinajstić information content (AvgIpc) is 3.80. The van der Waals surface area contributed by atoms with Crippen molar-refractivity contribution in [1.29, 1.82) is 0 Å². The minimum absolute atomic E-state index is 0.102. The molecule has 0 amide bonds. The SMILES string of the molecule is CC1(C)c2ccccc2-c2c(-c3ccccc3N(c3ccc(-c4cccc(N5c6ccccc6C6C=CC=CC65)c4)cc3)c3ccccc3-c3cccc4ccccc34)cccc21. The maximum absolute atomic E-state index is 2.51. The Bertz CT molecular complexity index is 3290. The number of rotatable bonds is 7. The van der Waals surface area contributed by atoms with Crippen LogP contribution in [0.25, 0.3) is 55.3 Å². The maximum atomic E-state index is 2.51. The van der Waals surface area contributed by atoms with Gasteiger partial charge in [-0.25, -0.2) is 0 Å². The van der Waals surface area contributed by atoms with Crippen molar-refractivity contribution in [2.75, 3.05) is 9.80 Å². The zero-order valence-corrected chi connectivity index (χ0v) is 35.5. The highest BCUT2D eigenvalue weighted by Gasteiger charge is 2.38. The van der Waals surface area contributed by atoms with E-state index < -0.39 is 0 Å². The van der Waals surface area contributed by atoms with Gasteiger partial charge in [-0.1, -0.05) is 202 Å². The van der Waals surface area contributed by atoms with Crippen LogP contribution in [0.2, 0.25) is 0 Å². The third-order valence-electron chi connectivity index (χ3n) is 13.8. The van der Waals surface area contributed by atoms with Gasteiger partial charge in [0.05, 0.1) is 17.4 Å². The summed E-state index contributed by atoms with van der Waals surface area (Å²) in [5, 5.41) is 2.47. The van der Waals surface area contributed by atoms with Crippen LogP contribution in [0.5, 0.6) is 0 Å². The van der Waals surface area contributed by atoms with Crippen LogP contribution in [-0.4, -0.2) is 6.04 Å². The van der Waals surface area contributed by atoms with Crippen molar-refractivity contribution in [2.24, 2.45) is 0 Å².